The maximum absolute atomic E-state index is 12.3. The lowest BCUT2D eigenvalue weighted by Gasteiger charge is -2.24. The summed E-state index contributed by atoms with van der Waals surface area (Å²) in [5, 5.41) is 5.73. The molecule has 1 aromatic carbocycles. The largest absolute Gasteiger partial charge is 0.326 e. The van der Waals surface area contributed by atoms with Crippen LogP contribution in [0.2, 0.25) is 0 Å². The number of hydrogen-bond donors (Lipinski definition) is 3. The molecule has 5 nitrogen and oxygen atoms in total. The third kappa shape index (κ3) is 6.20. The van der Waals surface area contributed by atoms with E-state index >= 15 is 0 Å². The summed E-state index contributed by atoms with van der Waals surface area (Å²) in [5.41, 5.74) is 7.36. The number of hydrogen-bond acceptors (Lipinski definition) is 3. The summed E-state index contributed by atoms with van der Waals surface area (Å²) >= 11 is 0. The molecule has 1 aromatic rings. The zero-order valence-corrected chi connectivity index (χ0v) is 15.2. The molecule has 0 radical (unpaired) electrons. The fourth-order valence-electron chi connectivity index (χ4n) is 2.24. The molecule has 0 aliphatic carbocycles. The van der Waals surface area contributed by atoms with Crippen LogP contribution in [0.4, 0.5) is 11.4 Å². The van der Waals surface area contributed by atoms with Crippen LogP contribution < -0.4 is 16.4 Å². The molecule has 0 saturated carbocycles. The highest BCUT2D eigenvalue weighted by Gasteiger charge is 2.27. The normalized spacial score (nSPS) is 12.7. The predicted molar refractivity (Wildman–Crippen MR) is 98.1 cm³/mol. The Kier molecular flexibility index (Phi) is 8.87. The molecular weight excluding hydrogens is 314 g/mol. The average molecular weight is 342 g/mol. The number of halogens is 1. The van der Waals surface area contributed by atoms with Crippen LogP contribution in [-0.4, -0.2) is 17.4 Å². The van der Waals surface area contributed by atoms with Crippen molar-refractivity contribution in [3.8, 4) is 0 Å². The average Bonchev–Trinajstić information content (AvgIpc) is 2.43. The van der Waals surface area contributed by atoms with Crippen LogP contribution in [0.25, 0.3) is 0 Å². The fraction of sp³-hybridized carbons (Fsp3) is 0.529. The van der Waals surface area contributed by atoms with Crippen molar-refractivity contribution >= 4 is 35.6 Å². The SMILES string of the molecule is CCCC(=O)Nc1cccc(NC(=O)C(C)(N)CCC)c1C.Cl. The Bertz CT molecular complexity index is 545. The fourth-order valence-corrected chi connectivity index (χ4v) is 2.24. The molecular formula is C17H28ClN3O2. The maximum atomic E-state index is 12.3. The second-order valence-electron chi connectivity index (χ2n) is 5.90. The molecule has 4 N–H and O–H groups in total. The monoisotopic (exact) mass is 341 g/mol. The highest BCUT2D eigenvalue weighted by Crippen LogP contribution is 2.24. The van der Waals surface area contributed by atoms with Crippen molar-refractivity contribution < 1.29 is 9.59 Å². The van der Waals surface area contributed by atoms with E-state index in [1.807, 2.05) is 32.9 Å². The second-order valence-corrected chi connectivity index (χ2v) is 5.90. The smallest absolute Gasteiger partial charge is 0.244 e. The van der Waals surface area contributed by atoms with Crippen LogP contribution >= 0.6 is 12.4 Å². The second kappa shape index (κ2) is 9.53. The van der Waals surface area contributed by atoms with E-state index in [1.165, 1.54) is 0 Å². The van der Waals surface area contributed by atoms with E-state index < -0.39 is 5.54 Å². The molecule has 1 rings (SSSR count). The van der Waals surface area contributed by atoms with Gasteiger partial charge in [-0.05, 0) is 44.4 Å². The van der Waals surface area contributed by atoms with Gasteiger partial charge in [0, 0.05) is 17.8 Å². The molecule has 6 heteroatoms. The molecule has 0 saturated heterocycles. The van der Waals surface area contributed by atoms with Crippen LogP contribution in [0.1, 0.15) is 52.0 Å². The van der Waals surface area contributed by atoms with Gasteiger partial charge in [0.05, 0.1) is 5.54 Å². The van der Waals surface area contributed by atoms with Crippen LogP contribution in [0.5, 0.6) is 0 Å². The van der Waals surface area contributed by atoms with Crippen molar-refractivity contribution in [1.29, 1.82) is 0 Å². The van der Waals surface area contributed by atoms with Crippen LogP contribution in [0.3, 0.4) is 0 Å². The first-order chi connectivity index (χ1) is 10.3. The molecule has 1 unspecified atom stereocenters. The Morgan fingerprint density at radius 1 is 1.13 bits per heavy atom. The van der Waals surface area contributed by atoms with Crippen molar-refractivity contribution in [2.75, 3.05) is 10.6 Å². The summed E-state index contributed by atoms with van der Waals surface area (Å²) in [6.45, 7) is 7.55. The van der Waals surface area contributed by atoms with E-state index in [1.54, 1.807) is 13.0 Å². The van der Waals surface area contributed by atoms with Gasteiger partial charge >= 0.3 is 0 Å². The maximum Gasteiger partial charge on any atom is 0.244 e. The van der Waals surface area contributed by atoms with Gasteiger partial charge in [0.1, 0.15) is 0 Å². The molecule has 0 aliphatic heterocycles. The number of benzene rings is 1. The summed E-state index contributed by atoms with van der Waals surface area (Å²) in [6.07, 6.45) is 2.73. The number of amides is 2. The molecule has 0 heterocycles. The first kappa shape index (κ1) is 21.4. The number of carbonyl (C=O) groups is 2. The lowest BCUT2D eigenvalue weighted by molar-refractivity contribution is -0.121. The summed E-state index contributed by atoms with van der Waals surface area (Å²) in [6, 6.07) is 5.44. The molecule has 0 spiro atoms. The van der Waals surface area contributed by atoms with Gasteiger partial charge < -0.3 is 16.4 Å². The molecule has 0 aliphatic rings. The number of anilines is 2. The molecule has 0 fully saturated rings. The minimum atomic E-state index is -0.900. The Labute approximate surface area is 144 Å². The van der Waals surface area contributed by atoms with Gasteiger partial charge in [-0.25, -0.2) is 0 Å². The third-order valence-electron chi connectivity index (χ3n) is 3.62. The Hall–Kier alpha value is -1.59. The van der Waals surface area contributed by atoms with E-state index in [-0.39, 0.29) is 24.2 Å². The van der Waals surface area contributed by atoms with Gasteiger partial charge in [-0.1, -0.05) is 26.3 Å². The topological polar surface area (TPSA) is 84.2 Å². The van der Waals surface area contributed by atoms with E-state index in [2.05, 4.69) is 10.6 Å². The molecule has 1 atom stereocenters. The molecule has 2 amide bonds. The highest BCUT2D eigenvalue weighted by atomic mass is 35.5. The first-order valence-electron chi connectivity index (χ1n) is 7.81. The van der Waals surface area contributed by atoms with E-state index in [0.29, 0.717) is 24.2 Å². The Balaban J connectivity index is 0.00000484. The van der Waals surface area contributed by atoms with Crippen molar-refractivity contribution in [1.82, 2.24) is 0 Å². The van der Waals surface area contributed by atoms with Crippen LogP contribution in [0.15, 0.2) is 18.2 Å². The zero-order valence-electron chi connectivity index (χ0n) is 14.4. The quantitative estimate of drug-likeness (QED) is 0.708. The van der Waals surface area contributed by atoms with Crippen LogP contribution in [0, 0.1) is 6.92 Å². The van der Waals surface area contributed by atoms with Gasteiger partial charge in [0.15, 0.2) is 0 Å². The minimum Gasteiger partial charge on any atom is -0.326 e. The lowest BCUT2D eigenvalue weighted by Crippen LogP contribution is -2.48. The standard InChI is InChI=1S/C17H27N3O2.ClH/c1-5-8-15(21)19-13-9-7-10-14(12(13)3)20-16(22)17(4,18)11-6-2;/h7,9-10H,5-6,8,11,18H2,1-4H3,(H,19,21)(H,20,22);1H. The van der Waals surface area contributed by atoms with Crippen molar-refractivity contribution in [3.63, 3.8) is 0 Å². The minimum absolute atomic E-state index is 0. The highest BCUT2D eigenvalue weighted by molar-refractivity contribution is 5.99. The van der Waals surface area contributed by atoms with Gasteiger partial charge in [-0.3, -0.25) is 9.59 Å². The number of carbonyl (C=O) groups excluding carboxylic acids is 2. The summed E-state index contributed by atoms with van der Waals surface area (Å²) in [7, 11) is 0. The first-order valence-corrected chi connectivity index (χ1v) is 7.81. The van der Waals surface area contributed by atoms with Crippen molar-refractivity contribution in [3.05, 3.63) is 23.8 Å². The summed E-state index contributed by atoms with van der Waals surface area (Å²) in [4.78, 5) is 24.0. The van der Waals surface area contributed by atoms with Gasteiger partial charge in [0.25, 0.3) is 0 Å². The van der Waals surface area contributed by atoms with Crippen molar-refractivity contribution in [2.24, 2.45) is 5.73 Å². The number of nitrogens with two attached hydrogens (primary N) is 1. The molecule has 23 heavy (non-hydrogen) atoms. The van der Waals surface area contributed by atoms with Gasteiger partial charge in [0.2, 0.25) is 11.8 Å². The van der Waals surface area contributed by atoms with Gasteiger partial charge in [-0.2, -0.15) is 0 Å². The summed E-state index contributed by atoms with van der Waals surface area (Å²) in [5.74, 6) is -0.238. The Morgan fingerprint density at radius 2 is 1.70 bits per heavy atom. The third-order valence-corrected chi connectivity index (χ3v) is 3.62. The van der Waals surface area contributed by atoms with E-state index in [4.69, 9.17) is 5.73 Å². The van der Waals surface area contributed by atoms with E-state index in [9.17, 15) is 9.59 Å². The molecule has 0 bridgehead atoms. The zero-order chi connectivity index (χ0) is 16.8. The van der Waals surface area contributed by atoms with E-state index in [0.717, 1.165) is 18.4 Å². The number of nitrogens with one attached hydrogen (secondary N) is 2. The molecule has 130 valence electrons. The lowest BCUT2D eigenvalue weighted by atomic mass is 9.96. The number of rotatable bonds is 7. The summed E-state index contributed by atoms with van der Waals surface area (Å²) < 4.78 is 0. The van der Waals surface area contributed by atoms with Gasteiger partial charge in [-0.15, -0.1) is 12.4 Å². The molecule has 0 aromatic heterocycles. The van der Waals surface area contributed by atoms with Crippen LogP contribution in [-0.2, 0) is 9.59 Å². The van der Waals surface area contributed by atoms with Crippen molar-refractivity contribution in [2.45, 2.75) is 58.9 Å². The Morgan fingerprint density at radius 3 is 2.22 bits per heavy atom. The predicted octanol–water partition coefficient (Wildman–Crippen LogP) is 3.61.